The number of piperidine rings is 1. The molecule has 1 saturated heterocycles. The number of carbonyl (C=O) groups is 1. The monoisotopic (exact) mass is 470 g/mol. The second kappa shape index (κ2) is 8.40. The molecule has 4 N–H and O–H groups in total. The maximum absolute atomic E-state index is 14.0. The molecule has 2 amide bonds. The van der Waals surface area contributed by atoms with Crippen LogP contribution in [-0.2, 0) is 0 Å². The van der Waals surface area contributed by atoms with E-state index in [1.165, 1.54) is 19.2 Å². The van der Waals surface area contributed by atoms with Crippen LogP contribution in [0.3, 0.4) is 0 Å². The van der Waals surface area contributed by atoms with Crippen LogP contribution in [0.25, 0.3) is 21.9 Å². The number of carbonyl (C=O) groups excluding carboxylic acids is 1. The number of hydrogen-bond acceptors (Lipinski definition) is 5. The molecule has 1 aliphatic rings. The van der Waals surface area contributed by atoms with Crippen molar-refractivity contribution in [2.75, 3.05) is 18.6 Å². The Labute approximate surface area is 191 Å². The Morgan fingerprint density at radius 2 is 1.91 bits per heavy atom. The van der Waals surface area contributed by atoms with Gasteiger partial charge in [-0.25, -0.2) is 27.9 Å². The van der Waals surface area contributed by atoms with Gasteiger partial charge in [0.25, 0.3) is 0 Å². The van der Waals surface area contributed by atoms with Crippen molar-refractivity contribution in [1.29, 1.82) is 0 Å². The van der Waals surface area contributed by atoms with E-state index >= 15 is 0 Å². The van der Waals surface area contributed by atoms with Crippen molar-refractivity contribution < 1.29 is 22.7 Å². The third-order valence-corrected chi connectivity index (χ3v) is 6.09. The number of halogens is 3. The van der Waals surface area contributed by atoms with E-state index in [0.29, 0.717) is 30.5 Å². The summed E-state index contributed by atoms with van der Waals surface area (Å²) in [4.78, 5) is 25.6. The second-order valence-electron chi connectivity index (χ2n) is 8.18. The zero-order chi connectivity index (χ0) is 24.0. The average Bonchev–Trinajstić information content (AvgIpc) is 3.21. The minimum absolute atomic E-state index is 0.138. The van der Waals surface area contributed by atoms with Gasteiger partial charge in [-0.2, -0.15) is 0 Å². The SMILES string of the molecule is COc1nc2cc(F)c(F)cc2nc1C1CC(NC(N)=O)CCN1c1c[nH]c2ccc(F)cc12. The Balaban J connectivity index is 1.66. The number of anilines is 1. The third-order valence-electron chi connectivity index (χ3n) is 6.09. The van der Waals surface area contributed by atoms with Crippen molar-refractivity contribution in [2.45, 2.75) is 24.9 Å². The number of aromatic amines is 1. The first kappa shape index (κ1) is 21.8. The summed E-state index contributed by atoms with van der Waals surface area (Å²) in [5.74, 6) is -2.32. The lowest BCUT2D eigenvalue weighted by Crippen LogP contribution is -2.48. The van der Waals surface area contributed by atoms with E-state index in [-0.39, 0.29) is 28.8 Å². The van der Waals surface area contributed by atoms with Crippen molar-refractivity contribution >= 4 is 33.7 Å². The first-order valence-corrected chi connectivity index (χ1v) is 10.6. The molecule has 11 heteroatoms. The predicted molar refractivity (Wildman–Crippen MR) is 120 cm³/mol. The predicted octanol–water partition coefficient (Wildman–Crippen LogP) is 3.92. The molecule has 0 aliphatic carbocycles. The molecule has 5 rings (SSSR count). The van der Waals surface area contributed by atoms with Crippen LogP contribution in [0.5, 0.6) is 5.88 Å². The molecule has 0 radical (unpaired) electrons. The standard InChI is InChI=1S/C23H21F3N6O2/c1-34-22-21(30-17-8-14(25)15(26)9-18(17)31-22)19-7-12(29-23(27)33)4-5-32(19)20-10-28-16-3-2-11(24)6-13(16)20/h2-3,6,8-10,12,19,28H,4-5,7H2,1H3,(H3,27,29,33). The van der Waals surface area contributed by atoms with Gasteiger partial charge in [-0.1, -0.05) is 0 Å². The van der Waals surface area contributed by atoms with Crippen LogP contribution in [0.2, 0.25) is 0 Å². The van der Waals surface area contributed by atoms with Crippen LogP contribution in [0.15, 0.2) is 36.5 Å². The van der Waals surface area contributed by atoms with Crippen molar-refractivity contribution in [1.82, 2.24) is 20.3 Å². The maximum atomic E-state index is 14.0. The first-order valence-electron chi connectivity index (χ1n) is 10.6. The Bertz CT molecular complexity index is 1410. The number of methoxy groups -OCH3 is 1. The number of aromatic nitrogens is 3. The number of benzene rings is 2. The number of ether oxygens (including phenoxy) is 1. The highest BCUT2D eigenvalue weighted by Gasteiger charge is 2.35. The lowest BCUT2D eigenvalue weighted by Gasteiger charge is -2.40. The molecule has 176 valence electrons. The third kappa shape index (κ3) is 3.82. The number of nitrogens with one attached hydrogen (secondary N) is 2. The number of rotatable bonds is 4. The number of amides is 2. The molecular weight excluding hydrogens is 449 g/mol. The topological polar surface area (TPSA) is 109 Å². The van der Waals surface area contributed by atoms with Crippen LogP contribution >= 0.6 is 0 Å². The molecule has 2 atom stereocenters. The summed E-state index contributed by atoms with van der Waals surface area (Å²) in [6.07, 6.45) is 2.73. The van der Waals surface area contributed by atoms with E-state index in [9.17, 15) is 18.0 Å². The maximum Gasteiger partial charge on any atom is 0.312 e. The van der Waals surface area contributed by atoms with Gasteiger partial charge in [-0.05, 0) is 31.0 Å². The zero-order valence-corrected chi connectivity index (χ0v) is 18.1. The molecule has 3 heterocycles. The van der Waals surface area contributed by atoms with E-state index < -0.39 is 23.7 Å². The van der Waals surface area contributed by atoms with E-state index in [1.54, 1.807) is 12.3 Å². The second-order valence-corrected chi connectivity index (χ2v) is 8.18. The number of nitrogens with two attached hydrogens (primary N) is 1. The van der Waals surface area contributed by atoms with Gasteiger partial charge in [0, 0.05) is 41.8 Å². The summed E-state index contributed by atoms with van der Waals surface area (Å²) in [6.45, 7) is 0.472. The van der Waals surface area contributed by atoms with E-state index in [4.69, 9.17) is 10.5 Å². The molecule has 34 heavy (non-hydrogen) atoms. The van der Waals surface area contributed by atoms with Gasteiger partial charge >= 0.3 is 6.03 Å². The fraction of sp³-hybridized carbons (Fsp3) is 0.261. The lowest BCUT2D eigenvalue weighted by molar-refractivity contribution is 0.240. The van der Waals surface area contributed by atoms with Crippen molar-refractivity contribution in [3.05, 3.63) is 59.7 Å². The number of fused-ring (bicyclic) bond motifs is 2. The highest BCUT2D eigenvalue weighted by molar-refractivity contribution is 5.93. The highest BCUT2D eigenvalue weighted by Crippen LogP contribution is 2.41. The molecule has 2 aromatic heterocycles. The molecule has 8 nitrogen and oxygen atoms in total. The molecule has 0 saturated carbocycles. The summed E-state index contributed by atoms with van der Waals surface area (Å²) in [6, 6.07) is 4.98. The Morgan fingerprint density at radius 3 is 2.62 bits per heavy atom. The van der Waals surface area contributed by atoms with Crippen molar-refractivity contribution in [3.63, 3.8) is 0 Å². The van der Waals surface area contributed by atoms with Crippen LogP contribution in [-0.4, -0.2) is 40.7 Å². The number of hydrogen-bond donors (Lipinski definition) is 3. The van der Waals surface area contributed by atoms with Crippen LogP contribution in [0, 0.1) is 17.5 Å². The minimum atomic E-state index is -1.04. The quantitative estimate of drug-likeness (QED) is 0.419. The van der Waals surface area contributed by atoms with Gasteiger partial charge < -0.3 is 25.7 Å². The van der Waals surface area contributed by atoms with Gasteiger partial charge in [0.1, 0.15) is 11.5 Å². The average molecular weight is 470 g/mol. The van der Waals surface area contributed by atoms with Gasteiger partial charge in [-0.15, -0.1) is 0 Å². The Hall–Kier alpha value is -4.02. The van der Waals surface area contributed by atoms with Crippen LogP contribution < -0.4 is 20.7 Å². The summed E-state index contributed by atoms with van der Waals surface area (Å²) < 4.78 is 47.2. The summed E-state index contributed by atoms with van der Waals surface area (Å²) in [5, 5.41) is 3.40. The fourth-order valence-electron chi connectivity index (χ4n) is 4.58. The molecule has 1 fully saturated rings. The van der Waals surface area contributed by atoms with Crippen molar-refractivity contribution in [2.24, 2.45) is 5.73 Å². The van der Waals surface area contributed by atoms with Gasteiger partial charge in [0.2, 0.25) is 5.88 Å². The molecular formula is C23H21F3N6O2. The highest BCUT2D eigenvalue weighted by atomic mass is 19.2. The Morgan fingerprint density at radius 1 is 1.18 bits per heavy atom. The van der Waals surface area contributed by atoms with Gasteiger partial charge in [0.15, 0.2) is 11.6 Å². The van der Waals surface area contributed by atoms with E-state index in [1.807, 2.05) is 4.90 Å². The lowest BCUT2D eigenvalue weighted by atomic mass is 9.93. The molecule has 1 aliphatic heterocycles. The smallest absolute Gasteiger partial charge is 0.312 e. The first-order chi connectivity index (χ1) is 16.3. The number of H-pyrrole nitrogens is 1. The summed E-state index contributed by atoms with van der Waals surface area (Å²) >= 11 is 0. The fourth-order valence-corrected chi connectivity index (χ4v) is 4.58. The molecule has 0 bridgehead atoms. The van der Waals surface area contributed by atoms with E-state index in [2.05, 4.69) is 20.3 Å². The number of urea groups is 1. The molecule has 2 unspecified atom stereocenters. The van der Waals surface area contributed by atoms with Crippen LogP contribution in [0.1, 0.15) is 24.6 Å². The van der Waals surface area contributed by atoms with E-state index in [0.717, 1.165) is 23.3 Å². The van der Waals surface area contributed by atoms with Crippen molar-refractivity contribution in [3.8, 4) is 5.88 Å². The molecule has 2 aromatic carbocycles. The summed E-state index contributed by atoms with van der Waals surface area (Å²) in [7, 11) is 1.41. The molecule has 4 aromatic rings. The zero-order valence-electron chi connectivity index (χ0n) is 18.1. The number of nitrogens with zero attached hydrogens (tertiary/aromatic N) is 3. The normalized spacial score (nSPS) is 18.4. The summed E-state index contributed by atoms with van der Waals surface area (Å²) in [5.41, 5.74) is 7.50. The Kier molecular flexibility index (Phi) is 5.39. The van der Waals surface area contributed by atoms with Gasteiger partial charge in [-0.3, -0.25) is 0 Å². The minimum Gasteiger partial charge on any atom is -0.480 e. The number of primary amides is 1. The van der Waals surface area contributed by atoms with Crippen LogP contribution in [0.4, 0.5) is 23.7 Å². The molecule has 0 spiro atoms. The van der Waals surface area contributed by atoms with Gasteiger partial charge in [0.05, 0.1) is 29.9 Å². The largest absolute Gasteiger partial charge is 0.480 e.